The molecule has 2 aliphatic heterocycles. The Balaban J connectivity index is 1.62. The minimum Gasteiger partial charge on any atom is -0.472 e. The van der Waals surface area contributed by atoms with E-state index in [9.17, 15) is 19.1 Å². The first kappa shape index (κ1) is 27.6. The number of rotatable bonds is 5. The summed E-state index contributed by atoms with van der Waals surface area (Å²) in [6.45, 7) is 5.37. The van der Waals surface area contributed by atoms with Crippen LogP contribution in [-0.2, 0) is 9.53 Å². The first-order chi connectivity index (χ1) is 18.3. The number of hydrogen-bond donors (Lipinski definition) is 1. The Morgan fingerprint density at radius 1 is 1.26 bits per heavy atom. The van der Waals surface area contributed by atoms with Crippen LogP contribution in [0.4, 0.5) is 4.39 Å². The van der Waals surface area contributed by atoms with Gasteiger partial charge in [0.1, 0.15) is 17.5 Å². The maximum Gasteiger partial charge on any atom is 0.259 e. The number of aromatic nitrogens is 1. The van der Waals surface area contributed by atoms with Crippen molar-refractivity contribution in [1.82, 2.24) is 14.8 Å². The van der Waals surface area contributed by atoms with Gasteiger partial charge in [0, 0.05) is 56.0 Å². The molecule has 3 heterocycles. The lowest BCUT2D eigenvalue weighted by Gasteiger charge is -2.38. The van der Waals surface area contributed by atoms with Crippen LogP contribution < -0.4 is 4.74 Å². The third kappa shape index (κ3) is 6.50. The molecular formula is C29H34FN3O5. The van der Waals surface area contributed by atoms with E-state index in [0.717, 1.165) is 0 Å². The van der Waals surface area contributed by atoms with Crippen LogP contribution in [0.2, 0.25) is 0 Å². The number of benzene rings is 1. The highest BCUT2D eigenvalue weighted by Crippen LogP contribution is 2.28. The Hall–Kier alpha value is -3.48. The summed E-state index contributed by atoms with van der Waals surface area (Å²) in [6, 6.07) is 7.13. The first-order valence-electron chi connectivity index (χ1n) is 13.0. The zero-order valence-corrected chi connectivity index (χ0v) is 22.0. The minimum absolute atomic E-state index is 0.0546. The van der Waals surface area contributed by atoms with Gasteiger partial charge in [-0.05, 0) is 44.0 Å². The van der Waals surface area contributed by atoms with Gasteiger partial charge in [-0.2, -0.15) is 0 Å². The number of likely N-dealkylation sites (N-methyl/N-ethyl adjacent to an activating group) is 1. The second-order valence-corrected chi connectivity index (χ2v) is 10.1. The molecule has 202 valence electrons. The maximum atomic E-state index is 13.6. The summed E-state index contributed by atoms with van der Waals surface area (Å²) >= 11 is 0. The van der Waals surface area contributed by atoms with Crippen molar-refractivity contribution in [2.45, 2.75) is 38.8 Å². The molecule has 4 rings (SSSR count). The van der Waals surface area contributed by atoms with Crippen molar-refractivity contribution in [3.63, 3.8) is 0 Å². The predicted octanol–water partition coefficient (Wildman–Crippen LogP) is 2.73. The molecule has 2 aromatic rings. The average Bonchev–Trinajstić information content (AvgIpc) is 2.93. The number of ether oxygens (including phenoxy) is 2. The quantitative estimate of drug-likeness (QED) is 0.606. The van der Waals surface area contributed by atoms with E-state index in [1.165, 1.54) is 18.3 Å². The van der Waals surface area contributed by atoms with Crippen molar-refractivity contribution in [3.05, 3.63) is 59.0 Å². The molecule has 1 aromatic heterocycles. The Morgan fingerprint density at radius 3 is 2.71 bits per heavy atom. The van der Waals surface area contributed by atoms with E-state index in [1.54, 1.807) is 42.0 Å². The van der Waals surface area contributed by atoms with E-state index in [2.05, 4.69) is 16.8 Å². The summed E-state index contributed by atoms with van der Waals surface area (Å²) in [4.78, 5) is 34.4. The summed E-state index contributed by atoms with van der Waals surface area (Å²) in [6.07, 6.45) is 2.48. The zero-order valence-electron chi connectivity index (χ0n) is 22.0. The fraction of sp³-hybridized carbons (Fsp3) is 0.483. The highest BCUT2D eigenvalue weighted by molar-refractivity contribution is 5.97. The maximum absolute atomic E-state index is 13.6. The van der Waals surface area contributed by atoms with Gasteiger partial charge >= 0.3 is 0 Å². The number of aliphatic hydroxyl groups excluding tert-OH is 1. The molecule has 2 amide bonds. The number of aliphatic hydroxyl groups is 1. The Morgan fingerprint density at radius 2 is 2.00 bits per heavy atom. The summed E-state index contributed by atoms with van der Waals surface area (Å²) in [7, 11) is 1.77. The summed E-state index contributed by atoms with van der Waals surface area (Å²) in [5.74, 6) is 5.13. The molecule has 0 saturated carbocycles. The number of halogens is 1. The monoisotopic (exact) mass is 523 g/mol. The van der Waals surface area contributed by atoms with E-state index in [4.69, 9.17) is 9.47 Å². The number of pyridine rings is 1. The average molecular weight is 524 g/mol. The van der Waals surface area contributed by atoms with Crippen LogP contribution in [0.5, 0.6) is 5.88 Å². The Labute approximate surface area is 222 Å². The predicted molar refractivity (Wildman–Crippen MR) is 139 cm³/mol. The van der Waals surface area contributed by atoms with Crippen LogP contribution in [0, 0.1) is 29.5 Å². The lowest BCUT2D eigenvalue weighted by Crippen LogP contribution is -2.51. The first-order valence-corrected chi connectivity index (χ1v) is 13.0. The van der Waals surface area contributed by atoms with Crippen molar-refractivity contribution < 1.29 is 28.6 Å². The van der Waals surface area contributed by atoms with E-state index >= 15 is 0 Å². The zero-order chi connectivity index (χ0) is 27.2. The molecule has 1 N–H and O–H groups in total. The van der Waals surface area contributed by atoms with Crippen molar-refractivity contribution >= 4 is 11.8 Å². The Kier molecular flexibility index (Phi) is 8.97. The smallest absolute Gasteiger partial charge is 0.259 e. The number of carbonyl (C=O) groups excluding carboxylic acids is 2. The minimum atomic E-state index is -0.430. The third-order valence-corrected chi connectivity index (χ3v) is 7.10. The lowest BCUT2D eigenvalue weighted by molar-refractivity contribution is -0.138. The van der Waals surface area contributed by atoms with Crippen molar-refractivity contribution in [1.29, 1.82) is 0 Å². The fourth-order valence-electron chi connectivity index (χ4n) is 4.72. The molecule has 3 atom stereocenters. The largest absolute Gasteiger partial charge is 0.472 e. The summed E-state index contributed by atoms with van der Waals surface area (Å²) in [5, 5.41) is 9.86. The SMILES string of the molecule is C[C@@H]1CN([C@@H](C)CO)C(=O)c2cc(C#Cc3cccc(F)c3)cnc2O[C@H]1CN(C)C(=O)C1CCOCC1. The molecule has 8 nitrogen and oxygen atoms in total. The van der Waals surface area contributed by atoms with E-state index in [0.29, 0.717) is 50.3 Å². The number of carbonyl (C=O) groups is 2. The van der Waals surface area contributed by atoms with Gasteiger partial charge in [-0.1, -0.05) is 24.8 Å². The lowest BCUT2D eigenvalue weighted by atomic mass is 9.97. The molecule has 0 bridgehead atoms. The van der Waals surface area contributed by atoms with Gasteiger partial charge in [0.05, 0.1) is 19.2 Å². The van der Waals surface area contributed by atoms with Crippen LogP contribution in [0.25, 0.3) is 0 Å². The molecule has 0 aliphatic carbocycles. The number of nitrogens with zero attached hydrogens (tertiary/aromatic N) is 3. The van der Waals surface area contributed by atoms with Crippen molar-refractivity contribution in [2.24, 2.45) is 11.8 Å². The third-order valence-electron chi connectivity index (χ3n) is 7.10. The highest BCUT2D eigenvalue weighted by atomic mass is 19.1. The van der Waals surface area contributed by atoms with Crippen LogP contribution in [0.15, 0.2) is 36.5 Å². The number of amides is 2. The van der Waals surface area contributed by atoms with Crippen LogP contribution >= 0.6 is 0 Å². The van der Waals surface area contributed by atoms with Gasteiger partial charge < -0.3 is 24.4 Å². The van der Waals surface area contributed by atoms with Gasteiger partial charge in [-0.25, -0.2) is 9.37 Å². The highest BCUT2D eigenvalue weighted by Gasteiger charge is 2.35. The van der Waals surface area contributed by atoms with Crippen LogP contribution in [-0.4, -0.2) is 83.8 Å². The second-order valence-electron chi connectivity index (χ2n) is 10.1. The molecule has 1 fully saturated rings. The molecule has 38 heavy (non-hydrogen) atoms. The van der Waals surface area contributed by atoms with Gasteiger partial charge in [0.25, 0.3) is 5.91 Å². The fourth-order valence-corrected chi connectivity index (χ4v) is 4.72. The number of hydrogen-bond acceptors (Lipinski definition) is 6. The van der Waals surface area contributed by atoms with Gasteiger partial charge in [0.15, 0.2) is 0 Å². The summed E-state index contributed by atoms with van der Waals surface area (Å²) < 4.78 is 25.2. The van der Waals surface area contributed by atoms with E-state index in [1.807, 2.05) is 6.92 Å². The van der Waals surface area contributed by atoms with Crippen molar-refractivity contribution in [2.75, 3.05) is 40.0 Å². The second kappa shape index (κ2) is 12.4. The van der Waals surface area contributed by atoms with Crippen LogP contribution in [0.3, 0.4) is 0 Å². The molecule has 0 spiro atoms. The molecule has 1 aromatic carbocycles. The molecule has 1 saturated heterocycles. The molecule has 9 heteroatoms. The van der Waals surface area contributed by atoms with Crippen molar-refractivity contribution in [3.8, 4) is 17.7 Å². The summed E-state index contributed by atoms with van der Waals surface area (Å²) in [5.41, 5.74) is 1.20. The topological polar surface area (TPSA) is 92.2 Å². The van der Waals surface area contributed by atoms with Gasteiger partial charge in [-0.15, -0.1) is 0 Å². The Bertz CT molecular complexity index is 1220. The van der Waals surface area contributed by atoms with Crippen LogP contribution in [0.1, 0.15) is 48.2 Å². The normalized spacial score (nSPS) is 20.8. The van der Waals surface area contributed by atoms with Gasteiger partial charge in [-0.3, -0.25) is 9.59 Å². The standard InChI is InChI=1S/C29H34FN3O5/c1-19-16-33(20(2)18-34)29(36)25-14-22(8-7-21-5-4-6-24(30)13-21)15-31-27(25)38-26(19)17-32(3)28(35)23-9-11-37-12-10-23/h4-6,13-15,19-20,23,26,34H,9-12,16-18H2,1-3H3/t19-,20+,26+/m1/s1. The van der Waals surface area contributed by atoms with Gasteiger partial charge in [0.2, 0.25) is 11.8 Å². The molecule has 0 unspecified atom stereocenters. The number of fused-ring (bicyclic) bond motifs is 1. The molecule has 0 radical (unpaired) electrons. The molecular weight excluding hydrogens is 489 g/mol. The van der Waals surface area contributed by atoms with E-state index in [-0.39, 0.29) is 47.5 Å². The van der Waals surface area contributed by atoms with E-state index < -0.39 is 12.1 Å². The molecule has 2 aliphatic rings.